The van der Waals surface area contributed by atoms with E-state index in [0.717, 1.165) is 22.8 Å². The maximum absolute atomic E-state index is 9.38. The third-order valence-corrected chi connectivity index (χ3v) is 6.80. The van der Waals surface area contributed by atoms with Crippen LogP contribution in [0.15, 0.2) is 0 Å². The summed E-state index contributed by atoms with van der Waals surface area (Å²) >= 11 is 1.71. The van der Waals surface area contributed by atoms with E-state index in [1.807, 2.05) is 0 Å². The van der Waals surface area contributed by atoms with Gasteiger partial charge in [-0.05, 0) is 56.3 Å². The third kappa shape index (κ3) is 1.68. The molecule has 4 aliphatic rings. The number of hydrogen-bond acceptors (Lipinski definition) is 4. The van der Waals surface area contributed by atoms with E-state index in [1.165, 1.54) is 43.4 Å². The van der Waals surface area contributed by atoms with E-state index in [0.29, 0.717) is 12.2 Å². The minimum atomic E-state index is 0.283. The molecule has 0 saturated heterocycles. The molecule has 5 rings (SSSR count). The number of rotatable bonds is 2. The molecule has 2 N–H and O–H groups in total. The Labute approximate surface area is 117 Å². The standard InChI is InChI=1S/C15H19N3S/c16-7-12-14(19-13(8-17)18-12)15-4-9-1-10(5-15)3-11(2-9)6-15/h9-11H,1-6,8,17H2. The maximum atomic E-state index is 9.38. The van der Waals surface area contributed by atoms with Gasteiger partial charge in [-0.1, -0.05) is 0 Å². The van der Waals surface area contributed by atoms with Crippen molar-refractivity contribution in [3.05, 3.63) is 15.6 Å². The molecule has 1 heterocycles. The normalized spacial score (nSPS) is 39.5. The van der Waals surface area contributed by atoms with E-state index in [9.17, 15) is 5.26 Å². The first-order valence-corrected chi connectivity index (χ1v) is 8.14. The predicted octanol–water partition coefficient (Wildman–Crippen LogP) is 2.94. The van der Waals surface area contributed by atoms with Gasteiger partial charge in [0, 0.05) is 16.8 Å². The third-order valence-electron chi connectivity index (χ3n) is 5.47. The predicted molar refractivity (Wildman–Crippen MR) is 74.6 cm³/mol. The van der Waals surface area contributed by atoms with Crippen LogP contribution in [0.3, 0.4) is 0 Å². The fraction of sp³-hybridized carbons (Fsp3) is 0.733. The molecule has 0 radical (unpaired) electrons. The Morgan fingerprint density at radius 1 is 1.21 bits per heavy atom. The molecule has 0 aliphatic heterocycles. The highest BCUT2D eigenvalue weighted by Crippen LogP contribution is 2.61. The van der Waals surface area contributed by atoms with Crippen molar-refractivity contribution >= 4 is 11.3 Å². The summed E-state index contributed by atoms with van der Waals surface area (Å²) in [6.45, 7) is 0.464. The van der Waals surface area contributed by atoms with E-state index in [1.54, 1.807) is 11.3 Å². The average molecular weight is 273 g/mol. The highest BCUT2D eigenvalue weighted by molar-refractivity contribution is 7.12. The molecule has 4 saturated carbocycles. The molecule has 4 bridgehead atoms. The Balaban J connectivity index is 1.79. The summed E-state index contributed by atoms with van der Waals surface area (Å²) in [5.41, 5.74) is 6.67. The van der Waals surface area contributed by atoms with Crippen molar-refractivity contribution in [3.8, 4) is 6.07 Å². The first-order chi connectivity index (χ1) is 9.22. The zero-order valence-corrected chi connectivity index (χ0v) is 11.9. The monoisotopic (exact) mass is 273 g/mol. The molecular formula is C15H19N3S. The van der Waals surface area contributed by atoms with Gasteiger partial charge in [0.1, 0.15) is 11.1 Å². The maximum Gasteiger partial charge on any atom is 0.155 e. The van der Waals surface area contributed by atoms with Crippen molar-refractivity contribution in [1.82, 2.24) is 4.98 Å². The Bertz CT molecular complexity index is 519. The molecule has 1 aromatic rings. The van der Waals surface area contributed by atoms with Crippen molar-refractivity contribution in [2.45, 2.75) is 50.5 Å². The number of aromatic nitrogens is 1. The minimum absolute atomic E-state index is 0.283. The lowest BCUT2D eigenvalue weighted by atomic mass is 9.49. The van der Waals surface area contributed by atoms with Crippen LogP contribution in [-0.2, 0) is 12.0 Å². The Kier molecular flexibility index (Phi) is 2.52. The molecule has 19 heavy (non-hydrogen) atoms. The molecule has 4 heteroatoms. The number of nitrogens with two attached hydrogens (primary N) is 1. The topological polar surface area (TPSA) is 62.7 Å². The summed E-state index contributed by atoms with van der Waals surface area (Å²) in [6, 6.07) is 2.32. The molecule has 0 spiro atoms. The summed E-state index contributed by atoms with van der Waals surface area (Å²) in [7, 11) is 0. The first-order valence-electron chi connectivity index (χ1n) is 7.33. The lowest BCUT2D eigenvalue weighted by Crippen LogP contribution is -2.48. The summed E-state index contributed by atoms with van der Waals surface area (Å²) in [5.74, 6) is 2.71. The van der Waals surface area contributed by atoms with Crippen LogP contribution in [0.2, 0.25) is 0 Å². The minimum Gasteiger partial charge on any atom is -0.325 e. The summed E-state index contributed by atoms with van der Waals surface area (Å²) in [4.78, 5) is 5.71. The van der Waals surface area contributed by atoms with Gasteiger partial charge >= 0.3 is 0 Å². The van der Waals surface area contributed by atoms with E-state index >= 15 is 0 Å². The van der Waals surface area contributed by atoms with Crippen molar-refractivity contribution in [1.29, 1.82) is 5.26 Å². The van der Waals surface area contributed by atoms with Crippen LogP contribution in [-0.4, -0.2) is 4.98 Å². The summed E-state index contributed by atoms with van der Waals surface area (Å²) < 4.78 is 0. The van der Waals surface area contributed by atoms with Gasteiger partial charge in [-0.3, -0.25) is 0 Å². The van der Waals surface area contributed by atoms with Gasteiger partial charge in [-0.25, -0.2) is 4.98 Å². The van der Waals surface area contributed by atoms with Crippen LogP contribution >= 0.6 is 11.3 Å². The summed E-state index contributed by atoms with van der Waals surface area (Å²) in [6.07, 6.45) is 8.18. The quantitative estimate of drug-likeness (QED) is 0.901. The molecule has 0 atom stereocenters. The molecule has 0 amide bonds. The van der Waals surface area contributed by atoms with Gasteiger partial charge in [0.2, 0.25) is 0 Å². The first kappa shape index (κ1) is 11.9. The van der Waals surface area contributed by atoms with Gasteiger partial charge in [0.15, 0.2) is 5.69 Å². The van der Waals surface area contributed by atoms with Gasteiger partial charge in [-0.2, -0.15) is 5.26 Å². The zero-order chi connectivity index (χ0) is 13.0. The second kappa shape index (κ2) is 4.04. The van der Waals surface area contributed by atoms with E-state index in [2.05, 4.69) is 11.1 Å². The largest absolute Gasteiger partial charge is 0.325 e. The second-order valence-electron chi connectivity index (χ2n) is 6.80. The lowest BCUT2D eigenvalue weighted by molar-refractivity contribution is -0.00367. The molecule has 4 fully saturated rings. The van der Waals surface area contributed by atoms with Crippen molar-refractivity contribution in [3.63, 3.8) is 0 Å². The molecule has 0 unspecified atom stereocenters. The lowest BCUT2D eigenvalue weighted by Gasteiger charge is -2.56. The molecule has 4 aliphatic carbocycles. The highest BCUT2D eigenvalue weighted by atomic mass is 32.1. The fourth-order valence-corrected chi connectivity index (χ4v) is 6.39. The number of nitriles is 1. The van der Waals surface area contributed by atoms with Gasteiger partial charge in [0.25, 0.3) is 0 Å². The molecular weight excluding hydrogens is 254 g/mol. The van der Waals surface area contributed by atoms with Crippen LogP contribution in [0.1, 0.15) is 54.1 Å². The number of hydrogen-bond donors (Lipinski definition) is 1. The van der Waals surface area contributed by atoms with E-state index in [4.69, 9.17) is 5.73 Å². The van der Waals surface area contributed by atoms with Crippen LogP contribution in [0, 0.1) is 29.1 Å². The Morgan fingerprint density at radius 2 is 1.79 bits per heavy atom. The fourth-order valence-electron chi connectivity index (χ4n) is 5.28. The second-order valence-corrected chi connectivity index (χ2v) is 7.88. The number of thiazole rings is 1. The van der Waals surface area contributed by atoms with Crippen LogP contribution in [0.4, 0.5) is 0 Å². The average Bonchev–Trinajstić information content (AvgIpc) is 2.81. The number of nitrogens with zero attached hydrogens (tertiary/aromatic N) is 2. The van der Waals surface area contributed by atoms with Crippen LogP contribution in [0.5, 0.6) is 0 Å². The van der Waals surface area contributed by atoms with Gasteiger partial charge in [-0.15, -0.1) is 11.3 Å². The van der Waals surface area contributed by atoms with Crippen molar-refractivity contribution < 1.29 is 0 Å². The van der Waals surface area contributed by atoms with Crippen molar-refractivity contribution in [2.75, 3.05) is 0 Å². The van der Waals surface area contributed by atoms with Crippen LogP contribution in [0.25, 0.3) is 0 Å². The Morgan fingerprint density at radius 3 is 2.26 bits per heavy atom. The van der Waals surface area contributed by atoms with Gasteiger partial charge in [0.05, 0.1) is 0 Å². The Hall–Kier alpha value is -0.920. The summed E-state index contributed by atoms with van der Waals surface area (Å²) in [5, 5.41) is 10.3. The SMILES string of the molecule is N#Cc1nc(CN)sc1C12CC3CC(CC(C3)C1)C2. The molecule has 1 aromatic heterocycles. The van der Waals surface area contributed by atoms with Crippen LogP contribution < -0.4 is 5.73 Å². The van der Waals surface area contributed by atoms with E-state index < -0.39 is 0 Å². The zero-order valence-electron chi connectivity index (χ0n) is 11.1. The molecule has 0 aromatic carbocycles. The van der Waals surface area contributed by atoms with Crippen molar-refractivity contribution in [2.24, 2.45) is 23.5 Å². The highest BCUT2D eigenvalue weighted by Gasteiger charge is 2.53. The molecule has 3 nitrogen and oxygen atoms in total. The smallest absolute Gasteiger partial charge is 0.155 e. The van der Waals surface area contributed by atoms with Gasteiger partial charge < -0.3 is 5.73 Å². The van der Waals surface area contributed by atoms with E-state index in [-0.39, 0.29) is 5.41 Å². The molecule has 100 valence electrons.